The highest BCUT2D eigenvalue weighted by Crippen LogP contribution is 2.10. The van der Waals surface area contributed by atoms with E-state index in [1.807, 2.05) is 0 Å². The van der Waals surface area contributed by atoms with Crippen molar-refractivity contribution < 1.29 is 23.1 Å². The number of aryl methyl sites for hydroxylation is 1. The number of para-hydroxylation sites is 1. The van der Waals surface area contributed by atoms with Gasteiger partial charge < -0.3 is 4.74 Å². The van der Waals surface area contributed by atoms with E-state index in [0.29, 0.717) is 10.9 Å². The second kappa shape index (κ2) is 7.86. The van der Waals surface area contributed by atoms with Crippen molar-refractivity contribution in [2.24, 2.45) is 0 Å². The van der Waals surface area contributed by atoms with Gasteiger partial charge in [0.15, 0.2) is 24.0 Å². The Morgan fingerprint density at radius 2 is 1.85 bits per heavy atom. The molecule has 0 saturated carbocycles. The first-order chi connectivity index (χ1) is 13.0. The fraction of sp³-hybridized carbons (Fsp3) is 0.158. The molecule has 0 atom stereocenters. The molecule has 0 aliphatic carbocycles. The summed E-state index contributed by atoms with van der Waals surface area (Å²) in [5.41, 5.74) is 0.270. The molecule has 0 saturated heterocycles. The molecule has 1 aromatic heterocycles. The van der Waals surface area contributed by atoms with Crippen LogP contribution in [0.2, 0.25) is 0 Å². The monoisotopic (exact) mass is 372 g/mol. The van der Waals surface area contributed by atoms with E-state index >= 15 is 0 Å². The van der Waals surface area contributed by atoms with Gasteiger partial charge in [-0.15, -0.1) is 0 Å². The van der Waals surface area contributed by atoms with Gasteiger partial charge in [-0.1, -0.05) is 12.1 Å². The van der Waals surface area contributed by atoms with Gasteiger partial charge in [0, 0.05) is 10.9 Å². The molecule has 0 spiro atoms. The van der Waals surface area contributed by atoms with E-state index in [9.17, 15) is 23.2 Å². The summed E-state index contributed by atoms with van der Waals surface area (Å²) in [7, 11) is 0. The summed E-state index contributed by atoms with van der Waals surface area (Å²) < 4.78 is 32.4. The number of nitrogens with zero attached hydrogens (tertiary/aromatic N) is 2. The normalized spacial score (nSPS) is 10.7. The topological polar surface area (TPSA) is 78.3 Å². The number of aromatic nitrogens is 2. The molecule has 0 unspecified atom stereocenters. The molecule has 6 nitrogen and oxygen atoms in total. The van der Waals surface area contributed by atoms with E-state index in [4.69, 9.17) is 4.74 Å². The Bertz CT molecular complexity index is 1080. The number of ketones is 1. The number of hydrogen-bond donors (Lipinski definition) is 0. The van der Waals surface area contributed by atoms with Gasteiger partial charge in [0.2, 0.25) is 5.43 Å². The Morgan fingerprint density at radius 3 is 2.63 bits per heavy atom. The lowest BCUT2D eigenvalue weighted by molar-refractivity contribution is -0.142. The van der Waals surface area contributed by atoms with Gasteiger partial charge in [-0.05, 0) is 30.3 Å². The van der Waals surface area contributed by atoms with Crippen LogP contribution in [0.4, 0.5) is 8.78 Å². The number of benzene rings is 2. The van der Waals surface area contributed by atoms with Gasteiger partial charge in [-0.25, -0.2) is 8.78 Å². The molecule has 0 bridgehead atoms. The highest BCUT2D eigenvalue weighted by Gasteiger charge is 2.13. The molecule has 3 aromatic rings. The summed E-state index contributed by atoms with van der Waals surface area (Å²) in [5, 5.41) is 4.47. The van der Waals surface area contributed by atoms with E-state index in [-0.39, 0.29) is 24.0 Å². The molecule has 0 fully saturated rings. The molecule has 138 valence electrons. The third-order valence-corrected chi connectivity index (χ3v) is 3.90. The number of ether oxygens (including phenoxy) is 1. The van der Waals surface area contributed by atoms with Crippen LogP contribution in [-0.2, 0) is 16.1 Å². The predicted octanol–water partition coefficient (Wildman–Crippen LogP) is 2.49. The molecule has 3 rings (SSSR count). The number of esters is 1. The highest BCUT2D eigenvalue weighted by atomic mass is 19.2. The van der Waals surface area contributed by atoms with E-state index < -0.39 is 30.0 Å². The van der Waals surface area contributed by atoms with Crippen LogP contribution in [0.5, 0.6) is 0 Å². The lowest BCUT2D eigenvalue weighted by Gasteiger charge is -2.09. The van der Waals surface area contributed by atoms with Crippen molar-refractivity contribution in [1.82, 2.24) is 9.78 Å². The Labute approximate surface area is 152 Å². The lowest BCUT2D eigenvalue weighted by atomic mass is 10.1. The van der Waals surface area contributed by atoms with Gasteiger partial charge in [-0.2, -0.15) is 5.10 Å². The molecule has 0 N–H and O–H groups in total. The average molecular weight is 372 g/mol. The van der Waals surface area contributed by atoms with Crippen LogP contribution in [0.3, 0.4) is 0 Å². The molecular formula is C19H14F2N2O4. The third-order valence-electron chi connectivity index (χ3n) is 3.90. The van der Waals surface area contributed by atoms with Crippen LogP contribution in [0, 0.1) is 11.6 Å². The summed E-state index contributed by atoms with van der Waals surface area (Å²) >= 11 is 0. The largest absolute Gasteiger partial charge is 0.457 e. The van der Waals surface area contributed by atoms with E-state index in [1.54, 1.807) is 24.3 Å². The molecule has 2 aromatic carbocycles. The zero-order chi connectivity index (χ0) is 19.4. The van der Waals surface area contributed by atoms with Crippen molar-refractivity contribution in [3.63, 3.8) is 0 Å². The summed E-state index contributed by atoms with van der Waals surface area (Å²) in [6.07, 6.45) is 1.09. The second-order valence-corrected chi connectivity index (χ2v) is 5.71. The minimum Gasteiger partial charge on any atom is -0.457 e. The van der Waals surface area contributed by atoms with Gasteiger partial charge in [0.1, 0.15) is 0 Å². The predicted molar refractivity (Wildman–Crippen MR) is 92.3 cm³/mol. The zero-order valence-electron chi connectivity index (χ0n) is 14.0. The van der Waals surface area contributed by atoms with Crippen LogP contribution in [-0.4, -0.2) is 28.1 Å². The Morgan fingerprint density at radius 1 is 1.07 bits per heavy atom. The summed E-state index contributed by atoms with van der Waals surface area (Å²) in [5.74, 6) is -3.52. The van der Waals surface area contributed by atoms with Gasteiger partial charge in [0.05, 0.1) is 24.7 Å². The van der Waals surface area contributed by atoms with E-state index in [1.165, 1.54) is 10.9 Å². The first kappa shape index (κ1) is 18.4. The average Bonchev–Trinajstić information content (AvgIpc) is 2.68. The quantitative estimate of drug-likeness (QED) is 0.491. The first-order valence-electron chi connectivity index (χ1n) is 8.04. The number of fused-ring (bicyclic) bond motifs is 1. The Hall–Kier alpha value is -3.42. The maximum absolute atomic E-state index is 13.1. The Balaban J connectivity index is 1.59. The zero-order valence-corrected chi connectivity index (χ0v) is 14.0. The van der Waals surface area contributed by atoms with Crippen molar-refractivity contribution in [2.45, 2.75) is 13.0 Å². The van der Waals surface area contributed by atoms with Gasteiger partial charge in [0.25, 0.3) is 0 Å². The van der Waals surface area contributed by atoms with Gasteiger partial charge in [-0.3, -0.25) is 19.1 Å². The summed E-state index contributed by atoms with van der Waals surface area (Å²) in [6, 6.07) is 9.55. The molecule has 0 amide bonds. The first-order valence-corrected chi connectivity index (χ1v) is 8.04. The molecule has 0 aliphatic heterocycles. The number of hydrogen-bond acceptors (Lipinski definition) is 5. The van der Waals surface area contributed by atoms with Crippen molar-refractivity contribution >= 4 is 22.7 Å². The maximum Gasteiger partial charge on any atom is 0.308 e. The standard InChI is InChI=1S/C19H14F2N2O4/c20-14-6-5-12(9-15(14)21)18(25)11-27-19(26)7-8-23-16-4-2-1-3-13(16)17(24)10-22-23/h1-6,9-10H,7-8,11H2. The third kappa shape index (κ3) is 4.22. The van der Waals surface area contributed by atoms with Crippen molar-refractivity contribution in [1.29, 1.82) is 0 Å². The van der Waals surface area contributed by atoms with Crippen LogP contribution < -0.4 is 5.43 Å². The number of carbonyl (C=O) groups is 2. The van der Waals surface area contributed by atoms with Crippen LogP contribution >= 0.6 is 0 Å². The lowest BCUT2D eigenvalue weighted by Crippen LogP contribution is -2.18. The van der Waals surface area contributed by atoms with E-state index in [2.05, 4.69) is 5.10 Å². The SMILES string of the molecule is O=C(CCn1ncc(=O)c2ccccc21)OCC(=O)c1ccc(F)c(F)c1. The molecule has 8 heteroatoms. The highest BCUT2D eigenvalue weighted by molar-refractivity contribution is 5.97. The van der Waals surface area contributed by atoms with Crippen LogP contribution in [0.15, 0.2) is 53.5 Å². The molecule has 1 heterocycles. The number of Topliss-reactive ketones (excluding diaryl/α,β-unsaturated/α-hetero) is 1. The maximum atomic E-state index is 13.1. The van der Waals surface area contributed by atoms with E-state index in [0.717, 1.165) is 18.2 Å². The fourth-order valence-electron chi connectivity index (χ4n) is 2.51. The molecule has 27 heavy (non-hydrogen) atoms. The summed E-state index contributed by atoms with van der Waals surface area (Å²) in [6.45, 7) is -0.429. The van der Waals surface area contributed by atoms with Crippen molar-refractivity contribution in [2.75, 3.05) is 6.61 Å². The van der Waals surface area contributed by atoms with Crippen molar-refractivity contribution in [3.05, 3.63) is 76.1 Å². The minimum atomic E-state index is -1.15. The smallest absolute Gasteiger partial charge is 0.308 e. The second-order valence-electron chi connectivity index (χ2n) is 5.71. The number of carbonyl (C=O) groups excluding carboxylic acids is 2. The molecule has 0 radical (unpaired) electrons. The van der Waals surface area contributed by atoms with Crippen LogP contribution in [0.1, 0.15) is 16.8 Å². The molecular weight excluding hydrogens is 358 g/mol. The number of halogens is 2. The van der Waals surface area contributed by atoms with Crippen LogP contribution in [0.25, 0.3) is 10.9 Å². The summed E-state index contributed by atoms with van der Waals surface area (Å²) in [4.78, 5) is 35.5. The molecule has 0 aliphatic rings. The minimum absolute atomic E-state index is 0.0784. The fourth-order valence-corrected chi connectivity index (χ4v) is 2.51. The number of rotatable bonds is 6. The van der Waals surface area contributed by atoms with Crippen molar-refractivity contribution in [3.8, 4) is 0 Å². The Kier molecular flexibility index (Phi) is 5.35. The van der Waals surface area contributed by atoms with Gasteiger partial charge >= 0.3 is 5.97 Å².